The van der Waals surface area contributed by atoms with Gasteiger partial charge in [-0.2, -0.15) is 0 Å². The molecule has 76 heavy (non-hydrogen) atoms. The Labute approximate surface area is 472 Å². The van der Waals surface area contributed by atoms with Gasteiger partial charge in [-0.1, -0.05) is 281 Å². The number of hydrogen-bond acceptors (Lipinski definition) is 6. The second-order valence-electron chi connectivity index (χ2n) is 22.4. The Balaban J connectivity index is 4.31. The van der Waals surface area contributed by atoms with Gasteiger partial charge < -0.3 is 14.2 Å². The predicted molar refractivity (Wildman–Crippen MR) is 330 cm³/mol. The molecule has 0 amide bonds. The van der Waals surface area contributed by atoms with Gasteiger partial charge in [-0.15, -0.1) is 0 Å². The van der Waals surface area contributed by atoms with E-state index in [9.17, 15) is 14.4 Å². The molecule has 0 N–H and O–H groups in total. The standard InChI is InChI=1S/C70H126O6/c1-4-7-10-13-16-19-22-25-28-30-32-33-34-35-36-37-38-40-42-45-48-51-54-57-60-63-69(72)75-66-67(65-74-68(71)62-59-56-53-50-47-44-41-27-24-21-18-15-12-9-6-3)76-70(73)64-61-58-55-52-49-46-43-39-31-29-26-23-20-17-14-11-8-5-2/h20,22-23,25,27,29-32,41,67H,4-19,21,24,26,28,33-40,42-66H2,1-3H3/b23-20-,25-22-,31-29-,32-30-,41-27-. The molecular weight excluding hydrogens is 937 g/mol. The highest BCUT2D eigenvalue weighted by molar-refractivity contribution is 5.71. The minimum Gasteiger partial charge on any atom is -0.462 e. The maximum atomic E-state index is 12.9. The Morgan fingerprint density at radius 1 is 0.263 bits per heavy atom. The molecule has 0 bridgehead atoms. The summed E-state index contributed by atoms with van der Waals surface area (Å²) >= 11 is 0. The minimum absolute atomic E-state index is 0.0783. The molecule has 0 aliphatic carbocycles. The third-order valence-corrected chi connectivity index (χ3v) is 14.7. The van der Waals surface area contributed by atoms with Crippen molar-refractivity contribution in [2.75, 3.05) is 13.2 Å². The summed E-state index contributed by atoms with van der Waals surface area (Å²) in [5.41, 5.74) is 0. The van der Waals surface area contributed by atoms with Crippen LogP contribution >= 0.6 is 0 Å². The molecule has 0 aromatic rings. The summed E-state index contributed by atoms with van der Waals surface area (Å²) in [4.78, 5) is 38.4. The molecule has 6 nitrogen and oxygen atoms in total. The Morgan fingerprint density at radius 2 is 0.474 bits per heavy atom. The third kappa shape index (κ3) is 62.0. The quantitative estimate of drug-likeness (QED) is 0.0261. The van der Waals surface area contributed by atoms with Gasteiger partial charge >= 0.3 is 17.9 Å². The molecule has 1 atom stereocenters. The lowest BCUT2D eigenvalue weighted by Gasteiger charge is -2.18. The number of ether oxygens (including phenoxy) is 3. The smallest absolute Gasteiger partial charge is 0.306 e. The first-order chi connectivity index (χ1) is 37.5. The highest BCUT2D eigenvalue weighted by atomic mass is 16.6. The lowest BCUT2D eigenvalue weighted by molar-refractivity contribution is -0.167. The first kappa shape index (κ1) is 73.1. The largest absolute Gasteiger partial charge is 0.462 e. The summed E-state index contributed by atoms with van der Waals surface area (Å²) < 4.78 is 16.9. The number of rotatable bonds is 61. The maximum absolute atomic E-state index is 12.9. The van der Waals surface area contributed by atoms with E-state index in [4.69, 9.17) is 14.2 Å². The average molecular weight is 1060 g/mol. The molecule has 0 aromatic heterocycles. The molecule has 1 unspecified atom stereocenters. The summed E-state index contributed by atoms with van der Waals surface area (Å²) in [7, 11) is 0. The van der Waals surface area contributed by atoms with Crippen molar-refractivity contribution >= 4 is 17.9 Å². The van der Waals surface area contributed by atoms with Gasteiger partial charge in [0.2, 0.25) is 0 Å². The fourth-order valence-electron chi connectivity index (χ4n) is 9.68. The monoisotopic (exact) mass is 1060 g/mol. The van der Waals surface area contributed by atoms with Crippen molar-refractivity contribution in [1.82, 2.24) is 0 Å². The van der Waals surface area contributed by atoms with E-state index in [0.717, 1.165) is 83.5 Å². The van der Waals surface area contributed by atoms with Gasteiger partial charge in [0, 0.05) is 19.3 Å². The van der Waals surface area contributed by atoms with Gasteiger partial charge in [0.05, 0.1) is 0 Å². The van der Waals surface area contributed by atoms with Crippen molar-refractivity contribution in [2.45, 2.75) is 354 Å². The molecule has 0 aliphatic heterocycles. The maximum Gasteiger partial charge on any atom is 0.306 e. The SMILES string of the molecule is CCCCCC/C=C\C/C=C\CCCCCCCCCC(=O)OC(COC(=O)CCCCCCC/C=C\CCCCCCCC)COC(=O)CCCCCCCCCCCCCCC/C=C\C/C=C\CCCCCCC. The van der Waals surface area contributed by atoms with Gasteiger partial charge in [-0.25, -0.2) is 0 Å². The van der Waals surface area contributed by atoms with Gasteiger partial charge in [0.25, 0.3) is 0 Å². The van der Waals surface area contributed by atoms with Crippen LogP contribution in [-0.2, 0) is 28.6 Å². The number of carbonyl (C=O) groups excluding carboxylic acids is 3. The Bertz CT molecular complexity index is 1360. The van der Waals surface area contributed by atoms with E-state index in [1.807, 2.05) is 0 Å². The van der Waals surface area contributed by atoms with Crippen LogP contribution in [0.4, 0.5) is 0 Å². The molecule has 0 rings (SSSR count). The molecular formula is C70H126O6. The van der Waals surface area contributed by atoms with Crippen molar-refractivity contribution in [3.63, 3.8) is 0 Å². The minimum atomic E-state index is -0.783. The van der Waals surface area contributed by atoms with Crippen molar-refractivity contribution in [3.05, 3.63) is 60.8 Å². The average Bonchev–Trinajstić information content (AvgIpc) is 3.42. The summed E-state index contributed by atoms with van der Waals surface area (Å²) in [6, 6.07) is 0. The summed E-state index contributed by atoms with van der Waals surface area (Å²) in [6.07, 6.45) is 82.3. The van der Waals surface area contributed by atoms with Crippen molar-refractivity contribution in [3.8, 4) is 0 Å². The van der Waals surface area contributed by atoms with Crippen molar-refractivity contribution < 1.29 is 28.6 Å². The van der Waals surface area contributed by atoms with Gasteiger partial charge in [-0.05, 0) is 109 Å². The zero-order chi connectivity index (χ0) is 55.0. The first-order valence-corrected chi connectivity index (χ1v) is 33.3. The predicted octanol–water partition coefficient (Wildman–Crippen LogP) is 22.7. The van der Waals surface area contributed by atoms with Crippen molar-refractivity contribution in [2.24, 2.45) is 0 Å². The number of unbranched alkanes of at least 4 members (excludes halogenated alkanes) is 40. The lowest BCUT2D eigenvalue weighted by Crippen LogP contribution is -2.30. The topological polar surface area (TPSA) is 78.9 Å². The number of carbonyl (C=O) groups is 3. The fourth-order valence-corrected chi connectivity index (χ4v) is 9.68. The molecule has 0 saturated carbocycles. The Morgan fingerprint density at radius 3 is 0.750 bits per heavy atom. The summed E-state index contributed by atoms with van der Waals surface area (Å²) in [5.74, 6) is -0.877. The molecule has 0 spiro atoms. The van der Waals surface area contributed by atoms with E-state index in [0.29, 0.717) is 19.3 Å². The van der Waals surface area contributed by atoms with E-state index in [1.165, 1.54) is 225 Å². The molecule has 442 valence electrons. The van der Waals surface area contributed by atoms with Crippen LogP contribution in [0.15, 0.2) is 60.8 Å². The van der Waals surface area contributed by atoms with E-state index >= 15 is 0 Å². The number of esters is 3. The van der Waals surface area contributed by atoms with Crippen molar-refractivity contribution in [1.29, 1.82) is 0 Å². The molecule has 0 aliphatic rings. The molecule has 0 radical (unpaired) electrons. The normalized spacial score (nSPS) is 12.4. The van der Waals surface area contributed by atoms with Gasteiger partial charge in [-0.3, -0.25) is 14.4 Å². The first-order valence-electron chi connectivity index (χ1n) is 33.3. The van der Waals surface area contributed by atoms with Crippen LogP contribution in [0.1, 0.15) is 348 Å². The molecule has 0 fully saturated rings. The highest BCUT2D eigenvalue weighted by Crippen LogP contribution is 2.17. The van der Waals surface area contributed by atoms with Crippen LogP contribution in [0.25, 0.3) is 0 Å². The second kappa shape index (κ2) is 64.6. The van der Waals surface area contributed by atoms with Crippen LogP contribution < -0.4 is 0 Å². The Hall–Kier alpha value is -2.89. The Kier molecular flexibility index (Phi) is 62.2. The van der Waals surface area contributed by atoms with Crippen LogP contribution in [0.3, 0.4) is 0 Å². The molecule has 0 saturated heterocycles. The van der Waals surface area contributed by atoms with E-state index < -0.39 is 6.10 Å². The molecule has 0 aromatic carbocycles. The fraction of sp³-hybridized carbons (Fsp3) is 0.814. The van der Waals surface area contributed by atoms with Crippen LogP contribution in [0, 0.1) is 0 Å². The third-order valence-electron chi connectivity index (χ3n) is 14.7. The van der Waals surface area contributed by atoms with Gasteiger partial charge in [0.1, 0.15) is 13.2 Å². The highest BCUT2D eigenvalue weighted by Gasteiger charge is 2.19. The van der Waals surface area contributed by atoms with Crippen LogP contribution in [0.2, 0.25) is 0 Å². The van der Waals surface area contributed by atoms with E-state index in [1.54, 1.807) is 0 Å². The molecule has 0 heterocycles. The van der Waals surface area contributed by atoms with Crippen LogP contribution in [0.5, 0.6) is 0 Å². The second-order valence-corrected chi connectivity index (χ2v) is 22.4. The summed E-state index contributed by atoms with van der Waals surface area (Å²) in [6.45, 7) is 6.64. The number of allylic oxidation sites excluding steroid dienone is 10. The van der Waals surface area contributed by atoms with Gasteiger partial charge in [0.15, 0.2) is 6.10 Å². The zero-order valence-electron chi connectivity index (χ0n) is 50.8. The lowest BCUT2D eigenvalue weighted by atomic mass is 10.0. The molecule has 6 heteroatoms. The zero-order valence-corrected chi connectivity index (χ0v) is 50.8. The summed E-state index contributed by atoms with van der Waals surface area (Å²) in [5, 5.41) is 0. The number of hydrogen-bond donors (Lipinski definition) is 0. The van der Waals surface area contributed by atoms with E-state index in [-0.39, 0.29) is 31.1 Å². The van der Waals surface area contributed by atoms with E-state index in [2.05, 4.69) is 81.5 Å². The van der Waals surface area contributed by atoms with Crippen LogP contribution in [-0.4, -0.2) is 37.2 Å².